The molecule has 0 radical (unpaired) electrons. The maximum atomic E-state index is 10.7. The molecule has 1 fully saturated rings. The molecule has 0 amide bonds. The summed E-state index contributed by atoms with van der Waals surface area (Å²) >= 11 is 13.1. The average Bonchev–Trinajstić information content (AvgIpc) is 2.71. The molecule has 1 saturated heterocycles. The number of aromatic hydroxyl groups is 1. The number of anilines is 1. The highest BCUT2D eigenvalue weighted by Crippen LogP contribution is 2.40. The van der Waals surface area contributed by atoms with Crippen LogP contribution in [0.4, 0.5) is 5.82 Å². The highest BCUT2D eigenvalue weighted by Gasteiger charge is 2.37. The second-order valence-corrected chi connectivity index (χ2v) is 11.1. The number of phenolic OH excluding ortho intramolecular Hbond substituents is 1. The molecule has 0 saturated carbocycles. The minimum Gasteiger partial charge on any atom is -0.507 e. The van der Waals surface area contributed by atoms with Crippen LogP contribution >= 0.6 is 23.2 Å². The minimum atomic E-state index is -0.0137. The van der Waals surface area contributed by atoms with Crippen LogP contribution in [0.2, 0.25) is 10.0 Å². The predicted octanol–water partition coefficient (Wildman–Crippen LogP) is 7.16. The first-order valence-electron chi connectivity index (χ1n) is 11.4. The number of hydrogen-bond donors (Lipinski definition) is 3. The van der Waals surface area contributed by atoms with E-state index < -0.39 is 0 Å². The molecule has 0 atom stereocenters. The minimum absolute atomic E-state index is 0.0137. The summed E-state index contributed by atoms with van der Waals surface area (Å²) in [5.74, 6) is 1.37. The van der Waals surface area contributed by atoms with Crippen molar-refractivity contribution in [2.45, 2.75) is 57.7 Å². The van der Waals surface area contributed by atoms with Crippen LogP contribution in [-0.2, 0) is 0 Å². The fourth-order valence-electron chi connectivity index (χ4n) is 5.15. The summed E-state index contributed by atoms with van der Waals surface area (Å²) in [6.07, 6.45) is 1.89. The third-order valence-corrected chi connectivity index (χ3v) is 6.73. The standard InChI is InChI=1S/C27H31Cl2N3O2/c1-26(2)14-17(15-27(3,4)32-26)30-24-12-16(25-20(28)7-6-8-21(25)29)11-22(31-24)19-10-9-18(34-5)13-23(19)33/h6-13,17,32-33H,14-15H2,1-5H3,(H,30,31). The molecule has 0 unspecified atom stereocenters. The van der Waals surface area contributed by atoms with Crippen LogP contribution in [0.3, 0.4) is 0 Å². The van der Waals surface area contributed by atoms with Crippen molar-refractivity contribution in [2.24, 2.45) is 0 Å². The molecule has 1 aliphatic rings. The third kappa shape index (κ3) is 5.43. The third-order valence-electron chi connectivity index (χ3n) is 6.10. The van der Waals surface area contributed by atoms with E-state index in [0.717, 1.165) is 24.0 Å². The predicted molar refractivity (Wildman–Crippen MR) is 141 cm³/mol. The maximum absolute atomic E-state index is 10.7. The number of benzene rings is 2. The lowest BCUT2D eigenvalue weighted by atomic mass is 9.79. The molecule has 0 bridgehead atoms. The topological polar surface area (TPSA) is 66.4 Å². The molecule has 2 aromatic carbocycles. The van der Waals surface area contributed by atoms with Gasteiger partial charge in [0.05, 0.1) is 12.8 Å². The Hall–Kier alpha value is -2.47. The number of ether oxygens (including phenoxy) is 1. The van der Waals surface area contributed by atoms with Crippen molar-refractivity contribution >= 4 is 29.0 Å². The highest BCUT2D eigenvalue weighted by atomic mass is 35.5. The maximum Gasteiger partial charge on any atom is 0.128 e. The fraction of sp³-hybridized carbons (Fsp3) is 0.370. The van der Waals surface area contributed by atoms with Gasteiger partial charge in [-0.05, 0) is 82.5 Å². The van der Waals surface area contributed by atoms with Crippen LogP contribution < -0.4 is 15.4 Å². The largest absolute Gasteiger partial charge is 0.507 e. The molecular weight excluding hydrogens is 469 g/mol. The zero-order chi connectivity index (χ0) is 24.7. The second kappa shape index (κ2) is 9.29. The first-order valence-corrected chi connectivity index (χ1v) is 12.1. The van der Waals surface area contributed by atoms with Crippen molar-refractivity contribution in [1.82, 2.24) is 10.3 Å². The number of piperidine rings is 1. The van der Waals surface area contributed by atoms with Crippen LogP contribution in [0.25, 0.3) is 22.4 Å². The van der Waals surface area contributed by atoms with E-state index in [9.17, 15) is 5.11 Å². The van der Waals surface area contributed by atoms with Gasteiger partial charge in [0, 0.05) is 44.4 Å². The van der Waals surface area contributed by atoms with Gasteiger partial charge in [0.25, 0.3) is 0 Å². The molecule has 2 heterocycles. The molecular formula is C27H31Cl2N3O2. The quantitative estimate of drug-likeness (QED) is 0.347. The number of hydrogen-bond acceptors (Lipinski definition) is 5. The normalized spacial score (nSPS) is 17.4. The number of methoxy groups -OCH3 is 1. The Morgan fingerprint density at radius 2 is 1.65 bits per heavy atom. The van der Waals surface area contributed by atoms with Crippen LogP contribution in [0.15, 0.2) is 48.5 Å². The molecule has 0 spiro atoms. The number of nitrogens with one attached hydrogen (secondary N) is 2. The number of rotatable bonds is 5. The van der Waals surface area contributed by atoms with Crippen molar-refractivity contribution in [1.29, 1.82) is 0 Å². The van der Waals surface area contributed by atoms with Gasteiger partial charge in [-0.1, -0.05) is 29.3 Å². The Morgan fingerprint density at radius 1 is 1.00 bits per heavy atom. The SMILES string of the molecule is COc1ccc(-c2cc(-c3c(Cl)cccc3Cl)cc(NC3CC(C)(C)NC(C)(C)C3)n2)c(O)c1. The molecule has 4 rings (SSSR count). The summed E-state index contributed by atoms with van der Waals surface area (Å²) in [6, 6.07) is 14.7. The van der Waals surface area contributed by atoms with E-state index in [1.165, 1.54) is 0 Å². The van der Waals surface area contributed by atoms with Crippen LogP contribution in [-0.4, -0.2) is 34.3 Å². The van der Waals surface area contributed by atoms with Gasteiger partial charge in [0.2, 0.25) is 0 Å². The summed E-state index contributed by atoms with van der Waals surface area (Å²) in [6.45, 7) is 8.88. The van der Waals surface area contributed by atoms with Gasteiger partial charge in [0.15, 0.2) is 0 Å². The first-order chi connectivity index (χ1) is 16.0. The summed E-state index contributed by atoms with van der Waals surface area (Å²) in [4.78, 5) is 4.88. The summed E-state index contributed by atoms with van der Waals surface area (Å²) < 4.78 is 5.24. The molecule has 180 valence electrons. The lowest BCUT2D eigenvalue weighted by Gasteiger charge is -2.46. The molecule has 7 heteroatoms. The summed E-state index contributed by atoms with van der Waals surface area (Å²) in [7, 11) is 1.57. The van der Waals surface area contributed by atoms with Crippen molar-refractivity contribution < 1.29 is 9.84 Å². The van der Waals surface area contributed by atoms with Gasteiger partial charge < -0.3 is 20.5 Å². The van der Waals surface area contributed by atoms with E-state index in [4.69, 9.17) is 32.9 Å². The van der Waals surface area contributed by atoms with E-state index in [0.29, 0.717) is 32.9 Å². The van der Waals surface area contributed by atoms with Crippen molar-refractivity contribution in [3.05, 3.63) is 58.6 Å². The van der Waals surface area contributed by atoms with Crippen LogP contribution in [0, 0.1) is 0 Å². The average molecular weight is 500 g/mol. The Morgan fingerprint density at radius 3 is 2.24 bits per heavy atom. The molecule has 1 aliphatic heterocycles. The van der Waals surface area contributed by atoms with Gasteiger partial charge in [-0.2, -0.15) is 0 Å². The van der Waals surface area contributed by atoms with Gasteiger partial charge >= 0.3 is 0 Å². The molecule has 5 nitrogen and oxygen atoms in total. The molecule has 34 heavy (non-hydrogen) atoms. The number of aromatic nitrogens is 1. The van der Waals surface area contributed by atoms with E-state index >= 15 is 0 Å². The van der Waals surface area contributed by atoms with E-state index in [2.05, 4.69) is 38.3 Å². The van der Waals surface area contributed by atoms with Crippen LogP contribution in [0.5, 0.6) is 11.5 Å². The van der Waals surface area contributed by atoms with E-state index in [1.54, 1.807) is 25.3 Å². The number of phenols is 1. The van der Waals surface area contributed by atoms with E-state index in [-0.39, 0.29) is 22.9 Å². The van der Waals surface area contributed by atoms with Gasteiger partial charge in [0.1, 0.15) is 17.3 Å². The molecule has 3 N–H and O–H groups in total. The highest BCUT2D eigenvalue weighted by molar-refractivity contribution is 6.39. The molecule has 3 aromatic rings. The van der Waals surface area contributed by atoms with E-state index in [1.807, 2.05) is 30.3 Å². The Balaban J connectivity index is 1.81. The fourth-order valence-corrected chi connectivity index (χ4v) is 5.76. The Labute approximate surface area is 211 Å². The zero-order valence-electron chi connectivity index (χ0n) is 20.2. The lowest BCUT2D eigenvalue weighted by molar-refractivity contribution is 0.170. The van der Waals surface area contributed by atoms with Crippen molar-refractivity contribution in [3.63, 3.8) is 0 Å². The Bertz CT molecular complexity index is 1170. The van der Waals surface area contributed by atoms with Gasteiger partial charge in [-0.3, -0.25) is 0 Å². The second-order valence-electron chi connectivity index (χ2n) is 10.2. The molecule has 0 aliphatic carbocycles. The smallest absolute Gasteiger partial charge is 0.128 e. The van der Waals surface area contributed by atoms with Gasteiger partial charge in [-0.15, -0.1) is 0 Å². The summed E-state index contributed by atoms with van der Waals surface area (Å²) in [5.41, 5.74) is 2.74. The van der Waals surface area contributed by atoms with Crippen LogP contribution in [0.1, 0.15) is 40.5 Å². The number of pyridine rings is 1. The lowest BCUT2D eigenvalue weighted by Crippen LogP contribution is -2.60. The Kier molecular flexibility index (Phi) is 6.74. The monoisotopic (exact) mass is 499 g/mol. The number of halogens is 2. The number of nitrogens with zero attached hydrogens (tertiary/aromatic N) is 1. The van der Waals surface area contributed by atoms with Crippen molar-refractivity contribution in [2.75, 3.05) is 12.4 Å². The van der Waals surface area contributed by atoms with Gasteiger partial charge in [-0.25, -0.2) is 4.98 Å². The van der Waals surface area contributed by atoms with Crippen molar-refractivity contribution in [3.8, 4) is 33.9 Å². The first kappa shape index (κ1) is 24.6. The zero-order valence-corrected chi connectivity index (χ0v) is 21.7. The summed E-state index contributed by atoms with van der Waals surface area (Å²) in [5, 5.41) is 19.2. The molecule has 1 aromatic heterocycles.